The fourth-order valence-corrected chi connectivity index (χ4v) is 2.31. The minimum absolute atomic E-state index is 0.0791. The minimum atomic E-state index is -0.690. The van der Waals surface area contributed by atoms with Crippen LogP contribution in [0, 0.1) is 0 Å². The number of likely N-dealkylation sites (N-methyl/N-ethyl adjacent to an activating group) is 1. The third kappa shape index (κ3) is 5.33. The Balaban J connectivity index is 1.81. The molecule has 25 heavy (non-hydrogen) atoms. The maximum absolute atomic E-state index is 12.1. The lowest BCUT2D eigenvalue weighted by Gasteiger charge is -2.28. The summed E-state index contributed by atoms with van der Waals surface area (Å²) in [7, 11) is 1.48. The van der Waals surface area contributed by atoms with Gasteiger partial charge >= 0.3 is 5.97 Å². The number of benzene rings is 1. The first kappa shape index (κ1) is 19.0. The second kappa shape index (κ2) is 8.68. The van der Waals surface area contributed by atoms with Gasteiger partial charge in [0.1, 0.15) is 0 Å². The van der Waals surface area contributed by atoms with Gasteiger partial charge in [0.25, 0.3) is 5.91 Å². The number of nitrogen functional groups attached to an aromatic ring is 1. The molecule has 0 aliphatic carbocycles. The zero-order valence-corrected chi connectivity index (χ0v) is 14.6. The average Bonchev–Trinajstić information content (AvgIpc) is 2.62. The molecule has 2 amide bonds. The number of nitrogens with zero attached hydrogens (tertiary/aromatic N) is 2. The molecule has 1 aliphatic rings. The van der Waals surface area contributed by atoms with Crippen molar-refractivity contribution in [3.8, 4) is 0 Å². The Morgan fingerprint density at radius 1 is 1.32 bits per heavy atom. The molecule has 1 heterocycles. The highest BCUT2D eigenvalue weighted by atomic mass is 35.5. The summed E-state index contributed by atoms with van der Waals surface area (Å²) >= 11 is 5.79. The van der Waals surface area contributed by atoms with E-state index in [4.69, 9.17) is 26.8 Å². The van der Waals surface area contributed by atoms with Crippen molar-refractivity contribution < 1.29 is 23.9 Å². The van der Waals surface area contributed by atoms with E-state index >= 15 is 0 Å². The predicted octanol–water partition coefficient (Wildman–Crippen LogP) is 0.396. The summed E-state index contributed by atoms with van der Waals surface area (Å²) in [5, 5.41) is 0.328. The maximum atomic E-state index is 12.1. The van der Waals surface area contributed by atoms with Crippen LogP contribution in [0.1, 0.15) is 10.4 Å². The quantitative estimate of drug-likeness (QED) is 0.595. The molecule has 0 spiro atoms. The lowest BCUT2D eigenvalue weighted by molar-refractivity contribution is -0.143. The van der Waals surface area contributed by atoms with Crippen molar-refractivity contribution in [1.29, 1.82) is 0 Å². The number of carbonyl (C=O) groups is 3. The van der Waals surface area contributed by atoms with Gasteiger partial charge in [0, 0.05) is 20.1 Å². The first-order valence-corrected chi connectivity index (χ1v) is 8.08. The van der Waals surface area contributed by atoms with Crippen LogP contribution in [0.15, 0.2) is 18.2 Å². The van der Waals surface area contributed by atoms with Crippen LogP contribution in [0.4, 0.5) is 5.69 Å². The number of hydrogen-bond acceptors (Lipinski definition) is 6. The lowest BCUT2D eigenvalue weighted by atomic mass is 10.2. The van der Waals surface area contributed by atoms with E-state index in [-0.39, 0.29) is 23.7 Å². The monoisotopic (exact) mass is 369 g/mol. The van der Waals surface area contributed by atoms with E-state index in [0.717, 1.165) is 0 Å². The van der Waals surface area contributed by atoms with Gasteiger partial charge in [-0.15, -0.1) is 0 Å². The molecule has 0 saturated carbocycles. The number of amides is 2. The Hall–Kier alpha value is -2.32. The summed E-state index contributed by atoms with van der Waals surface area (Å²) in [4.78, 5) is 38.9. The van der Waals surface area contributed by atoms with Crippen LogP contribution in [0.25, 0.3) is 0 Å². The van der Waals surface area contributed by atoms with Gasteiger partial charge in [-0.2, -0.15) is 0 Å². The number of rotatable bonds is 5. The van der Waals surface area contributed by atoms with Crippen molar-refractivity contribution in [3.05, 3.63) is 28.8 Å². The number of anilines is 1. The predicted molar refractivity (Wildman–Crippen MR) is 91.2 cm³/mol. The SMILES string of the molecule is CN(CC(=O)N1CCOCC1)C(=O)COC(=O)c1ccc(Cl)c(N)c1. The summed E-state index contributed by atoms with van der Waals surface area (Å²) in [5.41, 5.74) is 6.06. The van der Waals surface area contributed by atoms with Crippen molar-refractivity contribution in [3.63, 3.8) is 0 Å². The zero-order chi connectivity index (χ0) is 18.4. The van der Waals surface area contributed by atoms with Crippen molar-refractivity contribution in [2.75, 3.05) is 52.2 Å². The lowest BCUT2D eigenvalue weighted by Crippen LogP contribution is -2.46. The number of esters is 1. The molecule has 0 bridgehead atoms. The summed E-state index contributed by atoms with van der Waals surface area (Å²) in [5.74, 6) is -1.34. The molecule has 8 nitrogen and oxygen atoms in total. The third-order valence-corrected chi connectivity index (χ3v) is 4.06. The van der Waals surface area contributed by atoms with Crippen LogP contribution in [0.3, 0.4) is 0 Å². The zero-order valence-electron chi connectivity index (χ0n) is 13.9. The fourth-order valence-electron chi connectivity index (χ4n) is 2.20. The number of ether oxygens (including phenoxy) is 2. The first-order valence-electron chi connectivity index (χ1n) is 7.70. The standard InChI is InChI=1S/C16H20ClN3O5/c1-19(9-14(21)20-4-6-24-7-5-20)15(22)10-25-16(23)11-2-3-12(17)13(18)8-11/h2-3,8H,4-7,9-10,18H2,1H3. The molecule has 2 N–H and O–H groups in total. The minimum Gasteiger partial charge on any atom is -0.452 e. The van der Waals surface area contributed by atoms with Gasteiger partial charge in [-0.1, -0.05) is 11.6 Å². The van der Waals surface area contributed by atoms with Gasteiger partial charge < -0.3 is 25.0 Å². The Kier molecular flexibility index (Phi) is 6.60. The molecule has 0 aromatic heterocycles. The van der Waals surface area contributed by atoms with E-state index in [0.29, 0.717) is 31.3 Å². The summed E-state index contributed by atoms with van der Waals surface area (Å²) in [6.45, 7) is 1.46. The first-order chi connectivity index (χ1) is 11.9. The molecular formula is C16H20ClN3O5. The van der Waals surface area contributed by atoms with Crippen LogP contribution in [0.2, 0.25) is 5.02 Å². The third-order valence-electron chi connectivity index (χ3n) is 3.72. The fraction of sp³-hybridized carbons (Fsp3) is 0.438. The molecule has 0 atom stereocenters. The highest BCUT2D eigenvalue weighted by Crippen LogP contribution is 2.19. The highest BCUT2D eigenvalue weighted by molar-refractivity contribution is 6.33. The van der Waals surface area contributed by atoms with Crippen LogP contribution in [0.5, 0.6) is 0 Å². The normalized spacial score (nSPS) is 14.1. The van der Waals surface area contributed by atoms with E-state index in [2.05, 4.69) is 0 Å². The second-order valence-corrected chi connectivity index (χ2v) is 5.96. The van der Waals surface area contributed by atoms with Gasteiger partial charge in [0.2, 0.25) is 5.91 Å². The molecule has 1 aromatic carbocycles. The van der Waals surface area contributed by atoms with Crippen molar-refractivity contribution >= 4 is 35.1 Å². The van der Waals surface area contributed by atoms with Crippen molar-refractivity contribution in [1.82, 2.24) is 9.80 Å². The van der Waals surface area contributed by atoms with Crippen molar-refractivity contribution in [2.45, 2.75) is 0 Å². The molecule has 9 heteroatoms. The average molecular weight is 370 g/mol. The van der Waals surface area contributed by atoms with E-state index in [1.807, 2.05) is 0 Å². The maximum Gasteiger partial charge on any atom is 0.338 e. The number of hydrogen-bond donors (Lipinski definition) is 1. The molecule has 1 aliphatic heterocycles. The van der Waals surface area contributed by atoms with Gasteiger partial charge in [0.15, 0.2) is 6.61 Å². The van der Waals surface area contributed by atoms with Gasteiger partial charge in [0.05, 0.1) is 36.0 Å². The van der Waals surface area contributed by atoms with E-state index in [1.54, 1.807) is 4.90 Å². The Bertz CT molecular complexity index is 661. The van der Waals surface area contributed by atoms with Crippen molar-refractivity contribution in [2.24, 2.45) is 0 Å². The van der Waals surface area contributed by atoms with Crippen LogP contribution in [-0.2, 0) is 19.1 Å². The molecule has 136 valence electrons. The molecule has 1 saturated heterocycles. The van der Waals surface area contributed by atoms with Gasteiger partial charge in [-0.25, -0.2) is 4.79 Å². The summed E-state index contributed by atoms with van der Waals surface area (Å²) in [6.07, 6.45) is 0. The van der Waals surface area contributed by atoms with Crippen LogP contribution in [-0.4, -0.2) is 74.1 Å². The Labute approximate surface area is 150 Å². The number of halogens is 1. The molecule has 0 radical (unpaired) electrons. The van der Waals surface area contributed by atoms with E-state index in [9.17, 15) is 14.4 Å². The number of morpholine rings is 1. The Morgan fingerprint density at radius 2 is 2.00 bits per heavy atom. The molecule has 0 unspecified atom stereocenters. The molecule has 1 fully saturated rings. The number of carbonyl (C=O) groups excluding carboxylic acids is 3. The smallest absolute Gasteiger partial charge is 0.338 e. The highest BCUT2D eigenvalue weighted by Gasteiger charge is 2.21. The van der Waals surface area contributed by atoms with Crippen LogP contribution >= 0.6 is 11.6 Å². The topological polar surface area (TPSA) is 102 Å². The largest absolute Gasteiger partial charge is 0.452 e. The summed E-state index contributed by atoms with van der Waals surface area (Å²) < 4.78 is 10.1. The second-order valence-electron chi connectivity index (χ2n) is 5.56. The van der Waals surface area contributed by atoms with Gasteiger partial charge in [-0.3, -0.25) is 9.59 Å². The Morgan fingerprint density at radius 3 is 2.64 bits per heavy atom. The van der Waals surface area contributed by atoms with Gasteiger partial charge in [-0.05, 0) is 18.2 Å². The molecule has 1 aromatic rings. The summed E-state index contributed by atoms with van der Waals surface area (Å²) in [6, 6.07) is 4.31. The van der Waals surface area contributed by atoms with E-state index in [1.165, 1.54) is 30.1 Å². The molecule has 2 rings (SSSR count). The molecular weight excluding hydrogens is 350 g/mol. The van der Waals surface area contributed by atoms with E-state index < -0.39 is 18.5 Å². The number of nitrogens with two attached hydrogens (primary N) is 1. The van der Waals surface area contributed by atoms with Crippen LogP contribution < -0.4 is 5.73 Å².